The van der Waals surface area contributed by atoms with Crippen molar-refractivity contribution >= 4 is 11.8 Å². The molecule has 1 saturated carbocycles. The van der Waals surface area contributed by atoms with Crippen LogP contribution in [0.2, 0.25) is 0 Å². The first-order valence-electron chi connectivity index (χ1n) is 6.49. The third kappa shape index (κ3) is 2.40. The molecule has 0 aliphatic heterocycles. The summed E-state index contributed by atoms with van der Waals surface area (Å²) in [6.45, 7) is 0. The maximum atomic E-state index is 12.1. The quantitative estimate of drug-likeness (QED) is 0.844. The van der Waals surface area contributed by atoms with Gasteiger partial charge in [-0.3, -0.25) is 4.79 Å². The van der Waals surface area contributed by atoms with Crippen LogP contribution in [0, 0.1) is 5.92 Å². The van der Waals surface area contributed by atoms with E-state index in [1.54, 1.807) is 30.3 Å². The lowest BCUT2D eigenvalue weighted by Gasteiger charge is -2.35. The van der Waals surface area contributed by atoms with Crippen molar-refractivity contribution in [3.8, 4) is 0 Å². The van der Waals surface area contributed by atoms with Crippen molar-refractivity contribution in [1.29, 1.82) is 0 Å². The number of hydrogen-bond donors (Lipinski definition) is 1. The molecule has 0 amide bonds. The van der Waals surface area contributed by atoms with E-state index in [-0.39, 0.29) is 5.78 Å². The fourth-order valence-corrected chi connectivity index (χ4v) is 2.73. The molecule has 1 N–H and O–H groups in total. The third-order valence-electron chi connectivity index (χ3n) is 3.77. The first-order chi connectivity index (χ1) is 9.10. The number of Topliss-reactive ketones (excluding diaryl/α,β-unsaturated/α-hetero) is 1. The normalized spacial score (nSPS) is 22.6. The second-order valence-electron chi connectivity index (χ2n) is 4.89. The molecule has 1 aliphatic rings. The van der Waals surface area contributed by atoms with Crippen LogP contribution in [0.15, 0.2) is 30.3 Å². The SMILES string of the molecule is COC(=O)C(O)(c1ccccc1)C1CCCCC1=O. The largest absolute Gasteiger partial charge is 0.467 e. The molecule has 0 aromatic heterocycles. The number of aliphatic hydroxyl groups is 1. The van der Waals surface area contributed by atoms with Gasteiger partial charge in [0.15, 0.2) is 5.60 Å². The van der Waals surface area contributed by atoms with Crippen LogP contribution in [0.25, 0.3) is 0 Å². The van der Waals surface area contributed by atoms with E-state index >= 15 is 0 Å². The number of hydrogen-bond acceptors (Lipinski definition) is 4. The summed E-state index contributed by atoms with van der Waals surface area (Å²) in [4.78, 5) is 24.1. The van der Waals surface area contributed by atoms with Gasteiger partial charge in [0.05, 0.1) is 13.0 Å². The number of carbonyl (C=O) groups is 2. The zero-order chi connectivity index (χ0) is 13.9. The van der Waals surface area contributed by atoms with Crippen molar-refractivity contribution in [1.82, 2.24) is 0 Å². The summed E-state index contributed by atoms with van der Waals surface area (Å²) in [6, 6.07) is 8.56. The lowest BCUT2D eigenvalue weighted by atomic mass is 9.72. The molecule has 0 spiro atoms. The molecule has 102 valence electrons. The standard InChI is InChI=1S/C15H18O4/c1-19-14(17)15(18,11-7-3-2-4-8-11)12-9-5-6-10-13(12)16/h2-4,7-8,12,18H,5-6,9-10H2,1H3. The predicted octanol–water partition coefficient (Wildman–Crippen LogP) is 1.81. The summed E-state index contributed by atoms with van der Waals surface area (Å²) in [5.74, 6) is -1.54. The molecule has 1 aliphatic carbocycles. The van der Waals surface area contributed by atoms with Crippen LogP contribution in [0.1, 0.15) is 31.2 Å². The van der Waals surface area contributed by atoms with Crippen LogP contribution in [0.4, 0.5) is 0 Å². The zero-order valence-corrected chi connectivity index (χ0v) is 11.0. The highest BCUT2D eigenvalue weighted by molar-refractivity contribution is 5.92. The van der Waals surface area contributed by atoms with Gasteiger partial charge in [0.1, 0.15) is 5.78 Å². The van der Waals surface area contributed by atoms with Crippen LogP contribution in [0.5, 0.6) is 0 Å². The average molecular weight is 262 g/mol. The maximum Gasteiger partial charge on any atom is 0.343 e. The third-order valence-corrected chi connectivity index (χ3v) is 3.77. The lowest BCUT2D eigenvalue weighted by Crippen LogP contribution is -2.48. The summed E-state index contributed by atoms with van der Waals surface area (Å²) in [7, 11) is 1.23. The van der Waals surface area contributed by atoms with E-state index in [1.165, 1.54) is 7.11 Å². The van der Waals surface area contributed by atoms with E-state index in [2.05, 4.69) is 0 Å². The van der Waals surface area contributed by atoms with Crippen LogP contribution < -0.4 is 0 Å². The monoisotopic (exact) mass is 262 g/mol. The van der Waals surface area contributed by atoms with Crippen LogP contribution >= 0.6 is 0 Å². The molecule has 4 nitrogen and oxygen atoms in total. The summed E-state index contributed by atoms with van der Waals surface area (Å²) in [5.41, 5.74) is -1.45. The Morgan fingerprint density at radius 3 is 2.58 bits per heavy atom. The van der Waals surface area contributed by atoms with Gasteiger partial charge < -0.3 is 9.84 Å². The Bertz CT molecular complexity index is 468. The minimum Gasteiger partial charge on any atom is -0.467 e. The predicted molar refractivity (Wildman–Crippen MR) is 69.3 cm³/mol. The molecule has 2 unspecified atom stereocenters. The van der Waals surface area contributed by atoms with Crippen molar-refractivity contribution in [2.24, 2.45) is 5.92 Å². The van der Waals surface area contributed by atoms with Crippen molar-refractivity contribution < 1.29 is 19.4 Å². The number of ether oxygens (including phenoxy) is 1. The number of ketones is 1. The molecular formula is C15H18O4. The van der Waals surface area contributed by atoms with E-state index in [0.29, 0.717) is 18.4 Å². The van der Waals surface area contributed by atoms with E-state index < -0.39 is 17.5 Å². The molecule has 1 aromatic rings. The minimum atomic E-state index is -1.87. The molecule has 0 radical (unpaired) electrons. The summed E-state index contributed by atoms with van der Waals surface area (Å²) < 4.78 is 4.73. The molecule has 0 saturated heterocycles. The van der Waals surface area contributed by atoms with Gasteiger partial charge in [-0.2, -0.15) is 0 Å². The van der Waals surface area contributed by atoms with E-state index in [4.69, 9.17) is 4.74 Å². The first-order valence-corrected chi connectivity index (χ1v) is 6.49. The number of methoxy groups -OCH3 is 1. The van der Waals surface area contributed by atoms with Crippen molar-refractivity contribution in [2.75, 3.05) is 7.11 Å². The zero-order valence-electron chi connectivity index (χ0n) is 11.0. The lowest BCUT2D eigenvalue weighted by molar-refractivity contribution is -0.175. The fourth-order valence-electron chi connectivity index (χ4n) is 2.73. The Kier molecular flexibility index (Phi) is 4.00. The average Bonchev–Trinajstić information content (AvgIpc) is 2.47. The van der Waals surface area contributed by atoms with Gasteiger partial charge in [0, 0.05) is 6.42 Å². The Balaban J connectivity index is 2.45. The molecule has 2 rings (SSSR count). The highest BCUT2D eigenvalue weighted by Gasteiger charge is 2.50. The summed E-state index contributed by atoms with van der Waals surface area (Å²) in [6.07, 6.45) is 2.58. The Hall–Kier alpha value is -1.68. The van der Waals surface area contributed by atoms with E-state index in [1.807, 2.05) is 0 Å². The minimum absolute atomic E-state index is 0.0667. The smallest absolute Gasteiger partial charge is 0.343 e. The van der Waals surface area contributed by atoms with Gasteiger partial charge >= 0.3 is 5.97 Å². The van der Waals surface area contributed by atoms with Gasteiger partial charge in [-0.05, 0) is 18.4 Å². The molecule has 0 bridgehead atoms. The van der Waals surface area contributed by atoms with Crippen LogP contribution in [-0.2, 0) is 19.9 Å². The van der Waals surface area contributed by atoms with E-state index in [0.717, 1.165) is 12.8 Å². The van der Waals surface area contributed by atoms with E-state index in [9.17, 15) is 14.7 Å². The fraction of sp³-hybridized carbons (Fsp3) is 0.467. The molecule has 0 heterocycles. The Labute approximate surface area is 112 Å². The topological polar surface area (TPSA) is 63.6 Å². The molecule has 4 heteroatoms. The number of esters is 1. The van der Waals surface area contributed by atoms with Crippen LogP contribution in [-0.4, -0.2) is 24.0 Å². The highest BCUT2D eigenvalue weighted by Crippen LogP contribution is 2.38. The molecule has 1 aromatic carbocycles. The highest BCUT2D eigenvalue weighted by atomic mass is 16.5. The molecule has 1 fully saturated rings. The van der Waals surface area contributed by atoms with Gasteiger partial charge in [-0.15, -0.1) is 0 Å². The molecular weight excluding hydrogens is 244 g/mol. The molecule has 2 atom stereocenters. The van der Waals surface area contributed by atoms with Crippen molar-refractivity contribution in [2.45, 2.75) is 31.3 Å². The van der Waals surface area contributed by atoms with Gasteiger partial charge in [0.2, 0.25) is 0 Å². The van der Waals surface area contributed by atoms with Gasteiger partial charge in [-0.25, -0.2) is 4.79 Å². The molecule has 19 heavy (non-hydrogen) atoms. The maximum absolute atomic E-state index is 12.1. The van der Waals surface area contributed by atoms with Crippen molar-refractivity contribution in [3.63, 3.8) is 0 Å². The summed E-state index contributed by atoms with van der Waals surface area (Å²) >= 11 is 0. The number of carbonyl (C=O) groups excluding carboxylic acids is 2. The Morgan fingerprint density at radius 1 is 1.32 bits per heavy atom. The Morgan fingerprint density at radius 2 is 2.00 bits per heavy atom. The first kappa shape index (κ1) is 13.7. The van der Waals surface area contributed by atoms with Crippen molar-refractivity contribution in [3.05, 3.63) is 35.9 Å². The number of benzene rings is 1. The summed E-state index contributed by atoms with van der Waals surface area (Å²) in [5, 5.41) is 10.9. The van der Waals surface area contributed by atoms with Gasteiger partial charge in [-0.1, -0.05) is 36.8 Å². The number of rotatable bonds is 3. The van der Waals surface area contributed by atoms with Crippen LogP contribution in [0.3, 0.4) is 0 Å². The second-order valence-corrected chi connectivity index (χ2v) is 4.89. The van der Waals surface area contributed by atoms with Gasteiger partial charge in [0.25, 0.3) is 0 Å². The second kappa shape index (κ2) is 5.53.